The van der Waals surface area contributed by atoms with E-state index in [4.69, 9.17) is 0 Å². The molecule has 3 rings (SSSR count). The molecule has 25 heavy (non-hydrogen) atoms. The van der Waals surface area contributed by atoms with Crippen molar-refractivity contribution >= 4 is 0 Å². The van der Waals surface area contributed by atoms with Gasteiger partial charge in [-0.2, -0.15) is 0 Å². The average molecular weight is 342 g/mol. The molecular weight excluding hydrogens is 312 g/mol. The van der Waals surface area contributed by atoms with Crippen LogP contribution in [0.2, 0.25) is 0 Å². The number of imidazole rings is 1. The number of rotatable bonds is 6. The summed E-state index contributed by atoms with van der Waals surface area (Å²) >= 11 is 0. The number of aryl methyl sites for hydroxylation is 1. The van der Waals surface area contributed by atoms with Gasteiger partial charge in [0.05, 0.1) is 6.54 Å². The van der Waals surface area contributed by atoms with Crippen molar-refractivity contribution in [3.05, 3.63) is 41.5 Å². The number of likely N-dealkylation sites (tertiary alicyclic amines) is 1. The minimum Gasteiger partial charge on any atom is -0.328 e. The van der Waals surface area contributed by atoms with Gasteiger partial charge in [0.2, 0.25) is 0 Å². The van der Waals surface area contributed by atoms with Crippen LogP contribution in [0.1, 0.15) is 56.5 Å². The van der Waals surface area contributed by atoms with E-state index in [9.17, 15) is 0 Å². The van der Waals surface area contributed by atoms with Gasteiger partial charge >= 0.3 is 0 Å². The SMILES string of the molecule is CC(C)=CCCN1CCC(c2nnc(Cn3ccnc3C)n2C)CC1. The molecule has 136 valence electrons. The molecule has 6 heteroatoms. The van der Waals surface area contributed by atoms with E-state index in [0.717, 1.165) is 43.5 Å². The van der Waals surface area contributed by atoms with Crippen LogP contribution >= 0.6 is 0 Å². The predicted molar refractivity (Wildman–Crippen MR) is 99.5 cm³/mol. The lowest BCUT2D eigenvalue weighted by molar-refractivity contribution is 0.211. The van der Waals surface area contributed by atoms with E-state index in [1.54, 1.807) is 0 Å². The quantitative estimate of drug-likeness (QED) is 0.758. The Morgan fingerprint density at radius 2 is 2.00 bits per heavy atom. The second-order valence-electron chi connectivity index (χ2n) is 7.32. The Hall–Kier alpha value is -1.95. The highest BCUT2D eigenvalue weighted by atomic mass is 15.3. The Morgan fingerprint density at radius 1 is 1.24 bits per heavy atom. The van der Waals surface area contributed by atoms with Gasteiger partial charge in [-0.05, 0) is 53.1 Å². The molecular formula is C19H30N6. The van der Waals surface area contributed by atoms with Gasteiger partial charge in [0.25, 0.3) is 0 Å². The topological polar surface area (TPSA) is 51.8 Å². The largest absolute Gasteiger partial charge is 0.328 e. The molecule has 6 nitrogen and oxygen atoms in total. The van der Waals surface area contributed by atoms with Crippen molar-refractivity contribution in [2.24, 2.45) is 7.05 Å². The summed E-state index contributed by atoms with van der Waals surface area (Å²) in [6.45, 7) is 10.6. The molecule has 0 saturated carbocycles. The molecule has 0 bridgehead atoms. The van der Waals surface area contributed by atoms with Crippen LogP contribution < -0.4 is 0 Å². The number of nitrogens with zero attached hydrogens (tertiary/aromatic N) is 6. The summed E-state index contributed by atoms with van der Waals surface area (Å²) in [5.74, 6) is 3.67. The summed E-state index contributed by atoms with van der Waals surface area (Å²) in [4.78, 5) is 6.85. The highest BCUT2D eigenvalue weighted by Gasteiger charge is 2.24. The normalized spacial score (nSPS) is 16.3. The zero-order chi connectivity index (χ0) is 17.8. The minimum atomic E-state index is 0.523. The fourth-order valence-electron chi connectivity index (χ4n) is 3.54. The molecule has 0 radical (unpaired) electrons. The van der Waals surface area contributed by atoms with Gasteiger partial charge in [-0.25, -0.2) is 4.98 Å². The average Bonchev–Trinajstić information content (AvgIpc) is 3.15. The van der Waals surface area contributed by atoms with Crippen LogP contribution in [0.3, 0.4) is 0 Å². The molecule has 0 spiro atoms. The van der Waals surface area contributed by atoms with E-state index in [2.05, 4.69) is 56.2 Å². The maximum Gasteiger partial charge on any atom is 0.152 e. The first-order chi connectivity index (χ1) is 12.0. The maximum absolute atomic E-state index is 4.51. The first-order valence-corrected chi connectivity index (χ1v) is 9.26. The third kappa shape index (κ3) is 4.37. The van der Waals surface area contributed by atoms with Gasteiger partial charge < -0.3 is 14.0 Å². The number of hydrogen-bond donors (Lipinski definition) is 0. The van der Waals surface area contributed by atoms with Gasteiger partial charge in [0.1, 0.15) is 11.6 Å². The fraction of sp³-hybridized carbons (Fsp3) is 0.632. The lowest BCUT2D eigenvalue weighted by Gasteiger charge is -2.31. The van der Waals surface area contributed by atoms with Crippen molar-refractivity contribution < 1.29 is 0 Å². The summed E-state index contributed by atoms with van der Waals surface area (Å²) in [5, 5.41) is 8.95. The summed E-state index contributed by atoms with van der Waals surface area (Å²) in [5.41, 5.74) is 1.41. The molecule has 0 N–H and O–H groups in total. The molecule has 0 aromatic carbocycles. The number of allylic oxidation sites excluding steroid dienone is 1. The van der Waals surface area contributed by atoms with E-state index < -0.39 is 0 Å². The standard InChI is InChI=1S/C19H30N6/c1-15(2)6-5-10-24-11-7-17(8-12-24)19-22-21-18(23(19)4)14-25-13-9-20-16(25)3/h6,9,13,17H,5,7-8,10-12,14H2,1-4H3. The second kappa shape index (κ2) is 7.95. The van der Waals surface area contributed by atoms with Gasteiger partial charge in [-0.1, -0.05) is 11.6 Å². The van der Waals surface area contributed by atoms with Gasteiger partial charge in [0, 0.05) is 31.9 Å². The summed E-state index contributed by atoms with van der Waals surface area (Å²) in [6, 6.07) is 0. The minimum absolute atomic E-state index is 0.523. The van der Waals surface area contributed by atoms with Crippen molar-refractivity contribution in [3.8, 4) is 0 Å². The third-order valence-electron chi connectivity index (χ3n) is 5.18. The lowest BCUT2D eigenvalue weighted by Crippen LogP contribution is -2.34. The highest BCUT2D eigenvalue weighted by Crippen LogP contribution is 2.27. The van der Waals surface area contributed by atoms with Crippen molar-refractivity contribution in [2.45, 2.75) is 52.5 Å². The van der Waals surface area contributed by atoms with Crippen molar-refractivity contribution in [3.63, 3.8) is 0 Å². The van der Waals surface area contributed by atoms with E-state index in [1.807, 2.05) is 19.3 Å². The zero-order valence-electron chi connectivity index (χ0n) is 15.9. The molecule has 0 unspecified atom stereocenters. The molecule has 1 aliphatic rings. The van der Waals surface area contributed by atoms with Crippen LogP contribution in [0.5, 0.6) is 0 Å². The molecule has 2 aromatic heterocycles. The summed E-state index contributed by atoms with van der Waals surface area (Å²) in [6.07, 6.45) is 9.66. The van der Waals surface area contributed by atoms with E-state index >= 15 is 0 Å². The van der Waals surface area contributed by atoms with Gasteiger partial charge in [-0.3, -0.25) is 0 Å². The fourth-order valence-corrected chi connectivity index (χ4v) is 3.54. The van der Waals surface area contributed by atoms with Crippen molar-refractivity contribution in [1.29, 1.82) is 0 Å². The first kappa shape index (κ1) is 17.9. The molecule has 0 aliphatic carbocycles. The molecule has 1 aliphatic heterocycles. The Morgan fingerprint density at radius 3 is 2.64 bits per heavy atom. The molecule has 0 atom stereocenters. The van der Waals surface area contributed by atoms with Crippen LogP contribution in [0.15, 0.2) is 24.0 Å². The van der Waals surface area contributed by atoms with Crippen LogP contribution in [0, 0.1) is 6.92 Å². The molecule has 1 fully saturated rings. The van der Waals surface area contributed by atoms with E-state index in [0.29, 0.717) is 5.92 Å². The third-order valence-corrected chi connectivity index (χ3v) is 5.18. The highest BCUT2D eigenvalue weighted by molar-refractivity contribution is 5.05. The van der Waals surface area contributed by atoms with Crippen LogP contribution in [0.25, 0.3) is 0 Å². The van der Waals surface area contributed by atoms with Crippen LogP contribution in [-0.4, -0.2) is 48.8 Å². The number of aromatic nitrogens is 5. The van der Waals surface area contributed by atoms with Gasteiger partial charge in [-0.15, -0.1) is 10.2 Å². The molecule has 1 saturated heterocycles. The Balaban J connectivity index is 1.57. The molecule has 3 heterocycles. The monoisotopic (exact) mass is 342 g/mol. The smallest absolute Gasteiger partial charge is 0.152 e. The molecule has 0 amide bonds. The lowest BCUT2D eigenvalue weighted by atomic mass is 9.96. The summed E-state index contributed by atoms with van der Waals surface area (Å²) in [7, 11) is 2.10. The van der Waals surface area contributed by atoms with E-state index in [1.165, 1.54) is 25.0 Å². The second-order valence-corrected chi connectivity index (χ2v) is 7.32. The van der Waals surface area contributed by atoms with Crippen LogP contribution in [0.4, 0.5) is 0 Å². The van der Waals surface area contributed by atoms with Gasteiger partial charge in [0.15, 0.2) is 5.82 Å². The predicted octanol–water partition coefficient (Wildman–Crippen LogP) is 2.90. The first-order valence-electron chi connectivity index (χ1n) is 9.26. The maximum atomic E-state index is 4.51. The van der Waals surface area contributed by atoms with Crippen molar-refractivity contribution in [2.75, 3.05) is 19.6 Å². The number of piperidine rings is 1. The van der Waals surface area contributed by atoms with Crippen LogP contribution in [-0.2, 0) is 13.6 Å². The molecule has 2 aromatic rings. The zero-order valence-corrected chi connectivity index (χ0v) is 15.9. The Labute approximate surface area is 150 Å². The van der Waals surface area contributed by atoms with Crippen molar-refractivity contribution in [1.82, 2.24) is 29.2 Å². The Bertz CT molecular complexity index is 714. The summed E-state index contributed by atoms with van der Waals surface area (Å²) < 4.78 is 4.29. The number of hydrogen-bond acceptors (Lipinski definition) is 4. The Kier molecular flexibility index (Phi) is 5.68. The van der Waals surface area contributed by atoms with E-state index in [-0.39, 0.29) is 0 Å².